The van der Waals surface area contributed by atoms with Gasteiger partial charge >= 0.3 is 0 Å². The molecule has 1 heterocycles. The smallest absolute Gasteiger partial charge is 0.254 e. The summed E-state index contributed by atoms with van der Waals surface area (Å²) in [7, 11) is 5.33. The van der Waals surface area contributed by atoms with Crippen LogP contribution in [0.3, 0.4) is 0 Å². The molecular weight excluding hydrogens is 232 g/mol. The number of amides is 1. The van der Waals surface area contributed by atoms with Crippen molar-refractivity contribution in [1.29, 1.82) is 0 Å². The van der Waals surface area contributed by atoms with Crippen molar-refractivity contribution < 1.29 is 9.53 Å². The highest BCUT2D eigenvalue weighted by atomic mass is 16.5. The highest BCUT2D eigenvalue weighted by Crippen LogP contribution is 2.34. The third-order valence-corrected chi connectivity index (χ3v) is 2.92. The number of carbonyl (C=O) groups is 1. The molecule has 1 aromatic rings. The standard InChI is InChI=1S/C12H18N4O2/c1-16(2)10-6-9(13-7-14-10)15-12(17)11(18-3)8-4-5-8/h6-8,11H,4-5H2,1-3H3,(H,13,14,15,17). The quantitative estimate of drug-likeness (QED) is 0.841. The van der Waals surface area contributed by atoms with Crippen LogP contribution in [-0.2, 0) is 9.53 Å². The summed E-state index contributed by atoms with van der Waals surface area (Å²) in [5.74, 6) is 1.47. The third kappa shape index (κ3) is 2.95. The second-order valence-corrected chi connectivity index (χ2v) is 4.64. The van der Waals surface area contributed by atoms with E-state index < -0.39 is 0 Å². The van der Waals surface area contributed by atoms with Crippen LogP contribution >= 0.6 is 0 Å². The number of rotatable bonds is 5. The van der Waals surface area contributed by atoms with E-state index in [0.29, 0.717) is 11.7 Å². The number of carbonyl (C=O) groups excluding carboxylic acids is 1. The van der Waals surface area contributed by atoms with E-state index in [4.69, 9.17) is 4.74 Å². The fourth-order valence-corrected chi connectivity index (χ4v) is 1.77. The Morgan fingerprint density at radius 3 is 2.78 bits per heavy atom. The molecule has 1 unspecified atom stereocenters. The number of hydrogen-bond acceptors (Lipinski definition) is 5. The molecule has 1 atom stereocenters. The van der Waals surface area contributed by atoms with Crippen LogP contribution < -0.4 is 10.2 Å². The molecule has 1 fully saturated rings. The lowest BCUT2D eigenvalue weighted by Crippen LogP contribution is -2.31. The van der Waals surface area contributed by atoms with Crippen LogP contribution in [0.25, 0.3) is 0 Å². The van der Waals surface area contributed by atoms with E-state index in [1.807, 2.05) is 19.0 Å². The van der Waals surface area contributed by atoms with Crippen LogP contribution in [0, 0.1) is 5.92 Å². The first-order valence-corrected chi connectivity index (χ1v) is 5.95. The van der Waals surface area contributed by atoms with E-state index in [9.17, 15) is 4.79 Å². The average Bonchev–Trinajstić information content (AvgIpc) is 3.14. The van der Waals surface area contributed by atoms with Crippen molar-refractivity contribution in [2.24, 2.45) is 5.92 Å². The van der Waals surface area contributed by atoms with Crippen LogP contribution in [0.2, 0.25) is 0 Å². The zero-order valence-corrected chi connectivity index (χ0v) is 10.9. The van der Waals surface area contributed by atoms with Gasteiger partial charge in [0.25, 0.3) is 5.91 Å². The van der Waals surface area contributed by atoms with Gasteiger partial charge < -0.3 is 15.0 Å². The molecule has 6 heteroatoms. The Labute approximate surface area is 106 Å². The first-order chi connectivity index (χ1) is 8.61. The Kier molecular flexibility index (Phi) is 3.76. The first kappa shape index (κ1) is 12.8. The Bertz CT molecular complexity index is 432. The minimum Gasteiger partial charge on any atom is -0.371 e. The molecule has 1 aliphatic rings. The molecule has 0 aromatic carbocycles. The monoisotopic (exact) mass is 250 g/mol. The van der Waals surface area contributed by atoms with Gasteiger partial charge in [0.2, 0.25) is 0 Å². The molecule has 0 bridgehead atoms. The number of aromatic nitrogens is 2. The Morgan fingerprint density at radius 2 is 2.22 bits per heavy atom. The average molecular weight is 250 g/mol. The zero-order chi connectivity index (χ0) is 13.1. The lowest BCUT2D eigenvalue weighted by Gasteiger charge is -2.15. The minimum absolute atomic E-state index is 0.136. The molecule has 1 amide bonds. The summed E-state index contributed by atoms with van der Waals surface area (Å²) in [4.78, 5) is 22.0. The van der Waals surface area contributed by atoms with E-state index in [2.05, 4.69) is 15.3 Å². The van der Waals surface area contributed by atoms with Gasteiger partial charge in [-0.1, -0.05) is 0 Å². The van der Waals surface area contributed by atoms with Gasteiger partial charge in [-0.25, -0.2) is 9.97 Å². The molecule has 0 radical (unpaired) electrons. The van der Waals surface area contributed by atoms with Crippen molar-refractivity contribution in [3.8, 4) is 0 Å². The third-order valence-electron chi connectivity index (χ3n) is 2.92. The lowest BCUT2D eigenvalue weighted by atomic mass is 10.2. The molecule has 18 heavy (non-hydrogen) atoms. The van der Waals surface area contributed by atoms with Gasteiger partial charge in [-0.05, 0) is 18.8 Å². The van der Waals surface area contributed by atoms with Crippen molar-refractivity contribution in [3.63, 3.8) is 0 Å². The van der Waals surface area contributed by atoms with E-state index in [0.717, 1.165) is 18.7 Å². The lowest BCUT2D eigenvalue weighted by molar-refractivity contribution is -0.126. The molecule has 2 rings (SSSR count). The van der Waals surface area contributed by atoms with Crippen molar-refractivity contribution in [1.82, 2.24) is 9.97 Å². The summed E-state index contributed by atoms with van der Waals surface area (Å²) >= 11 is 0. The fourth-order valence-electron chi connectivity index (χ4n) is 1.77. The maximum atomic E-state index is 12.0. The molecule has 0 saturated heterocycles. The van der Waals surface area contributed by atoms with Gasteiger partial charge in [0, 0.05) is 27.3 Å². The topological polar surface area (TPSA) is 67.3 Å². The predicted octanol–water partition coefficient (Wildman–Crippen LogP) is 0.906. The Balaban J connectivity index is 2.03. The van der Waals surface area contributed by atoms with Crippen LogP contribution in [0.15, 0.2) is 12.4 Å². The van der Waals surface area contributed by atoms with Gasteiger partial charge in [-0.2, -0.15) is 0 Å². The highest BCUT2D eigenvalue weighted by Gasteiger charge is 2.36. The van der Waals surface area contributed by atoms with Crippen molar-refractivity contribution in [3.05, 3.63) is 12.4 Å². The van der Waals surface area contributed by atoms with Crippen LogP contribution in [0.1, 0.15) is 12.8 Å². The molecule has 1 aliphatic carbocycles. The molecule has 6 nitrogen and oxygen atoms in total. The first-order valence-electron chi connectivity index (χ1n) is 5.95. The summed E-state index contributed by atoms with van der Waals surface area (Å²) < 4.78 is 5.22. The highest BCUT2D eigenvalue weighted by molar-refractivity contribution is 5.94. The van der Waals surface area contributed by atoms with E-state index in [-0.39, 0.29) is 12.0 Å². The number of ether oxygens (including phenoxy) is 1. The number of methoxy groups -OCH3 is 1. The summed E-state index contributed by atoms with van der Waals surface area (Å²) in [6, 6.07) is 1.73. The molecule has 1 aromatic heterocycles. The molecule has 0 spiro atoms. The summed E-state index contributed by atoms with van der Waals surface area (Å²) in [5.41, 5.74) is 0. The Hall–Kier alpha value is -1.69. The van der Waals surface area contributed by atoms with E-state index in [1.54, 1.807) is 13.2 Å². The number of nitrogens with zero attached hydrogens (tertiary/aromatic N) is 3. The molecule has 0 aliphatic heterocycles. The zero-order valence-electron chi connectivity index (χ0n) is 10.9. The summed E-state index contributed by atoms with van der Waals surface area (Å²) in [6.07, 6.45) is 3.17. The molecule has 98 valence electrons. The minimum atomic E-state index is -0.372. The van der Waals surface area contributed by atoms with Gasteiger partial charge in [-0.3, -0.25) is 4.79 Å². The fraction of sp³-hybridized carbons (Fsp3) is 0.583. The SMILES string of the molecule is COC(C(=O)Nc1cc(N(C)C)ncn1)C1CC1. The number of hydrogen-bond donors (Lipinski definition) is 1. The van der Waals surface area contributed by atoms with E-state index >= 15 is 0 Å². The van der Waals surface area contributed by atoms with Gasteiger partial charge in [0.1, 0.15) is 24.1 Å². The van der Waals surface area contributed by atoms with E-state index in [1.165, 1.54) is 6.33 Å². The Morgan fingerprint density at radius 1 is 1.50 bits per heavy atom. The number of anilines is 2. The molecule has 1 saturated carbocycles. The van der Waals surface area contributed by atoms with Crippen LogP contribution in [-0.4, -0.2) is 43.2 Å². The van der Waals surface area contributed by atoms with Gasteiger partial charge in [0.15, 0.2) is 0 Å². The molecular formula is C12H18N4O2. The summed E-state index contributed by atoms with van der Waals surface area (Å²) in [5, 5.41) is 2.77. The maximum absolute atomic E-state index is 12.0. The second-order valence-electron chi connectivity index (χ2n) is 4.64. The van der Waals surface area contributed by atoms with Crippen LogP contribution in [0.4, 0.5) is 11.6 Å². The van der Waals surface area contributed by atoms with Crippen LogP contribution in [0.5, 0.6) is 0 Å². The predicted molar refractivity (Wildman–Crippen MR) is 68.5 cm³/mol. The van der Waals surface area contributed by atoms with Crippen molar-refractivity contribution in [2.45, 2.75) is 18.9 Å². The number of nitrogens with one attached hydrogen (secondary N) is 1. The maximum Gasteiger partial charge on any atom is 0.254 e. The van der Waals surface area contributed by atoms with Crippen molar-refractivity contribution >= 4 is 17.5 Å². The van der Waals surface area contributed by atoms with Crippen molar-refractivity contribution in [2.75, 3.05) is 31.4 Å². The summed E-state index contributed by atoms with van der Waals surface area (Å²) in [6.45, 7) is 0. The largest absolute Gasteiger partial charge is 0.371 e. The molecule has 1 N–H and O–H groups in total. The van der Waals surface area contributed by atoms with Gasteiger partial charge in [-0.15, -0.1) is 0 Å². The second kappa shape index (κ2) is 5.30. The van der Waals surface area contributed by atoms with Gasteiger partial charge in [0.05, 0.1) is 0 Å². The normalized spacial score (nSPS) is 16.2.